The zero-order chi connectivity index (χ0) is 13.9. The summed E-state index contributed by atoms with van der Waals surface area (Å²) in [6, 6.07) is 2.49. The molecule has 1 heterocycles. The highest BCUT2D eigenvalue weighted by molar-refractivity contribution is 5.39. The molecule has 1 aromatic rings. The van der Waals surface area contributed by atoms with E-state index in [4.69, 9.17) is 5.11 Å². The van der Waals surface area contributed by atoms with Crippen LogP contribution in [0.1, 0.15) is 31.4 Å². The summed E-state index contributed by atoms with van der Waals surface area (Å²) in [6.07, 6.45) is -0.326. The largest absolute Gasteiger partial charge is 0.435 e. The molecular formula is C12H16F3N3O. The number of hydrogen-bond acceptors (Lipinski definition) is 4. The van der Waals surface area contributed by atoms with Crippen LogP contribution in [0, 0.1) is 0 Å². The Bertz CT molecular complexity index is 402. The third-order valence-electron chi connectivity index (χ3n) is 3.34. The van der Waals surface area contributed by atoms with Gasteiger partial charge in [-0.25, -0.2) is 0 Å². The first-order chi connectivity index (χ1) is 9.02. The van der Waals surface area contributed by atoms with E-state index in [-0.39, 0.29) is 12.6 Å². The summed E-state index contributed by atoms with van der Waals surface area (Å²) in [4.78, 5) is 1.85. The molecule has 1 N–H and O–H groups in total. The molecule has 0 unspecified atom stereocenters. The number of aliphatic hydroxyl groups excluding tert-OH is 1. The molecule has 1 aliphatic rings. The van der Waals surface area contributed by atoms with Crippen LogP contribution in [-0.2, 0) is 6.18 Å². The van der Waals surface area contributed by atoms with Crippen LogP contribution in [-0.4, -0.2) is 34.5 Å². The first-order valence-electron chi connectivity index (χ1n) is 6.31. The number of anilines is 1. The van der Waals surface area contributed by atoms with Gasteiger partial charge in [0, 0.05) is 12.6 Å². The highest BCUT2D eigenvalue weighted by Crippen LogP contribution is 2.30. The second kappa shape index (κ2) is 5.73. The van der Waals surface area contributed by atoms with Crippen molar-refractivity contribution in [2.75, 3.05) is 18.1 Å². The Kier molecular flexibility index (Phi) is 4.24. The molecule has 1 aliphatic carbocycles. The SMILES string of the molecule is OCCN(c1ccc(C(F)(F)F)nn1)C1CCCC1. The molecule has 19 heavy (non-hydrogen) atoms. The summed E-state index contributed by atoms with van der Waals surface area (Å²) in [6.45, 7) is 0.309. The van der Waals surface area contributed by atoms with E-state index >= 15 is 0 Å². The Morgan fingerprint density at radius 1 is 1.21 bits per heavy atom. The molecule has 7 heteroatoms. The van der Waals surface area contributed by atoms with Gasteiger partial charge in [-0.15, -0.1) is 10.2 Å². The minimum absolute atomic E-state index is 0.0563. The van der Waals surface area contributed by atoms with Crippen molar-refractivity contribution in [2.24, 2.45) is 0 Å². The van der Waals surface area contributed by atoms with Crippen LogP contribution >= 0.6 is 0 Å². The lowest BCUT2D eigenvalue weighted by Crippen LogP contribution is -2.36. The van der Waals surface area contributed by atoms with E-state index in [9.17, 15) is 13.2 Å². The Morgan fingerprint density at radius 3 is 2.37 bits per heavy atom. The highest BCUT2D eigenvalue weighted by atomic mass is 19.4. The topological polar surface area (TPSA) is 49.2 Å². The van der Waals surface area contributed by atoms with Crippen molar-refractivity contribution in [3.05, 3.63) is 17.8 Å². The fourth-order valence-electron chi connectivity index (χ4n) is 2.44. The molecule has 2 rings (SSSR count). The number of hydrogen-bond donors (Lipinski definition) is 1. The summed E-state index contributed by atoms with van der Waals surface area (Å²) >= 11 is 0. The van der Waals surface area contributed by atoms with E-state index in [1.54, 1.807) is 0 Å². The van der Waals surface area contributed by atoms with Crippen molar-refractivity contribution in [1.82, 2.24) is 10.2 Å². The van der Waals surface area contributed by atoms with Gasteiger partial charge < -0.3 is 10.0 Å². The Balaban J connectivity index is 2.17. The molecule has 0 bridgehead atoms. The van der Waals surface area contributed by atoms with Gasteiger partial charge in [0.1, 0.15) is 0 Å². The van der Waals surface area contributed by atoms with Crippen LogP contribution in [0.15, 0.2) is 12.1 Å². The van der Waals surface area contributed by atoms with Crippen molar-refractivity contribution < 1.29 is 18.3 Å². The molecule has 106 valence electrons. The van der Waals surface area contributed by atoms with Gasteiger partial charge >= 0.3 is 6.18 Å². The predicted molar refractivity (Wildman–Crippen MR) is 63.7 cm³/mol. The fraction of sp³-hybridized carbons (Fsp3) is 0.667. The smallest absolute Gasteiger partial charge is 0.395 e. The first kappa shape index (κ1) is 14.0. The van der Waals surface area contributed by atoms with Crippen LogP contribution in [0.3, 0.4) is 0 Å². The van der Waals surface area contributed by atoms with Gasteiger partial charge in [0.2, 0.25) is 0 Å². The Hall–Kier alpha value is -1.37. The van der Waals surface area contributed by atoms with Gasteiger partial charge in [-0.1, -0.05) is 12.8 Å². The quantitative estimate of drug-likeness (QED) is 0.915. The average Bonchev–Trinajstić information content (AvgIpc) is 2.89. The molecule has 0 spiro atoms. The maximum absolute atomic E-state index is 12.4. The standard InChI is InChI=1S/C12H16F3N3O/c13-12(14,15)10-5-6-11(17-16-10)18(7-8-19)9-3-1-2-4-9/h5-6,9,19H,1-4,7-8H2. The molecule has 0 aromatic carbocycles. The van der Waals surface area contributed by atoms with Crippen molar-refractivity contribution in [1.29, 1.82) is 0 Å². The molecule has 1 saturated carbocycles. The second-order valence-electron chi connectivity index (χ2n) is 4.63. The average molecular weight is 275 g/mol. The van der Waals surface area contributed by atoms with Crippen LogP contribution in [0.5, 0.6) is 0 Å². The normalized spacial score (nSPS) is 16.8. The number of aliphatic hydroxyl groups is 1. The summed E-state index contributed by atoms with van der Waals surface area (Å²) in [5, 5.41) is 16.0. The van der Waals surface area contributed by atoms with Crippen molar-refractivity contribution >= 4 is 5.82 Å². The van der Waals surface area contributed by atoms with Gasteiger partial charge in [-0.05, 0) is 25.0 Å². The van der Waals surface area contributed by atoms with Crippen LogP contribution in [0.2, 0.25) is 0 Å². The number of halogens is 3. The maximum atomic E-state index is 12.4. The summed E-state index contributed by atoms with van der Waals surface area (Å²) in [5.41, 5.74) is -0.994. The van der Waals surface area contributed by atoms with E-state index < -0.39 is 11.9 Å². The molecule has 1 aromatic heterocycles. The van der Waals surface area contributed by atoms with Crippen LogP contribution < -0.4 is 4.90 Å². The zero-order valence-corrected chi connectivity index (χ0v) is 10.4. The number of rotatable bonds is 4. The van der Waals surface area contributed by atoms with Gasteiger partial charge in [-0.2, -0.15) is 13.2 Å². The Labute approximate surface area is 109 Å². The van der Waals surface area contributed by atoms with Crippen molar-refractivity contribution in [2.45, 2.75) is 37.9 Å². The van der Waals surface area contributed by atoms with E-state index in [1.165, 1.54) is 6.07 Å². The Morgan fingerprint density at radius 2 is 1.89 bits per heavy atom. The lowest BCUT2D eigenvalue weighted by Gasteiger charge is -2.29. The summed E-state index contributed by atoms with van der Waals surface area (Å²) < 4.78 is 37.2. The third kappa shape index (κ3) is 3.34. The van der Waals surface area contributed by atoms with Crippen LogP contribution in [0.4, 0.5) is 19.0 Å². The van der Waals surface area contributed by atoms with E-state index in [1.807, 2.05) is 4.90 Å². The molecule has 0 atom stereocenters. The molecular weight excluding hydrogens is 259 g/mol. The van der Waals surface area contributed by atoms with Crippen LogP contribution in [0.25, 0.3) is 0 Å². The molecule has 1 fully saturated rings. The molecule has 0 aliphatic heterocycles. The minimum Gasteiger partial charge on any atom is -0.395 e. The number of aromatic nitrogens is 2. The highest BCUT2D eigenvalue weighted by Gasteiger charge is 2.33. The number of alkyl halides is 3. The minimum atomic E-state index is -4.47. The van der Waals surface area contributed by atoms with Crippen molar-refractivity contribution in [3.8, 4) is 0 Å². The first-order valence-corrected chi connectivity index (χ1v) is 6.31. The molecule has 0 amide bonds. The second-order valence-corrected chi connectivity index (χ2v) is 4.63. The molecule has 4 nitrogen and oxygen atoms in total. The van der Waals surface area contributed by atoms with Crippen molar-refractivity contribution in [3.63, 3.8) is 0 Å². The maximum Gasteiger partial charge on any atom is 0.435 e. The lowest BCUT2D eigenvalue weighted by atomic mass is 10.2. The van der Waals surface area contributed by atoms with Gasteiger partial charge in [0.15, 0.2) is 11.5 Å². The third-order valence-corrected chi connectivity index (χ3v) is 3.34. The summed E-state index contributed by atoms with van der Waals surface area (Å²) in [5.74, 6) is 0.397. The fourth-order valence-corrected chi connectivity index (χ4v) is 2.44. The van der Waals surface area contributed by atoms with E-state index in [0.29, 0.717) is 12.4 Å². The summed E-state index contributed by atoms with van der Waals surface area (Å²) in [7, 11) is 0. The molecule has 0 radical (unpaired) electrons. The van der Waals surface area contributed by atoms with Gasteiger partial charge in [0.05, 0.1) is 6.61 Å². The lowest BCUT2D eigenvalue weighted by molar-refractivity contribution is -0.141. The van der Waals surface area contributed by atoms with E-state index in [2.05, 4.69) is 10.2 Å². The predicted octanol–water partition coefficient (Wildman–Crippen LogP) is 2.24. The van der Waals surface area contributed by atoms with E-state index in [0.717, 1.165) is 31.7 Å². The number of nitrogens with zero attached hydrogens (tertiary/aromatic N) is 3. The van der Waals surface area contributed by atoms with Gasteiger partial charge in [0.25, 0.3) is 0 Å². The monoisotopic (exact) mass is 275 g/mol. The molecule has 0 saturated heterocycles. The van der Waals surface area contributed by atoms with Gasteiger partial charge in [-0.3, -0.25) is 0 Å². The zero-order valence-electron chi connectivity index (χ0n) is 10.4.